The van der Waals surface area contributed by atoms with Gasteiger partial charge in [-0.2, -0.15) is 5.26 Å². The van der Waals surface area contributed by atoms with Gasteiger partial charge in [-0.15, -0.1) is 0 Å². The van der Waals surface area contributed by atoms with Gasteiger partial charge in [-0.3, -0.25) is 0 Å². The maximum absolute atomic E-state index is 13.4. The van der Waals surface area contributed by atoms with Gasteiger partial charge in [0.2, 0.25) is 0 Å². The van der Waals surface area contributed by atoms with Gasteiger partial charge in [0.15, 0.2) is 0 Å². The lowest BCUT2D eigenvalue weighted by Crippen LogP contribution is -2.20. The Balaban J connectivity index is 2.29. The molecule has 0 aliphatic heterocycles. The number of nitrogens with zero attached hydrogens (tertiary/aromatic N) is 1. The molecular formula is C12H11F2NO. The maximum atomic E-state index is 13.4. The second-order valence-corrected chi connectivity index (χ2v) is 4.10. The standard InChI is InChI=1S/C12H11F2NO/c13-8-3-4-9(11(14)5-8)10(6-15)12(16)7-1-2-7/h3-5,7,10,12,16H,1-2H2. The van der Waals surface area contributed by atoms with E-state index < -0.39 is 23.7 Å². The maximum Gasteiger partial charge on any atom is 0.130 e. The minimum absolute atomic E-state index is 0.0725. The first-order valence-electron chi connectivity index (χ1n) is 5.16. The molecule has 1 aromatic rings. The Labute approximate surface area is 92.1 Å². The van der Waals surface area contributed by atoms with Crippen LogP contribution in [0.2, 0.25) is 0 Å². The highest BCUT2D eigenvalue weighted by molar-refractivity contribution is 5.29. The van der Waals surface area contributed by atoms with Crippen LogP contribution in [0.4, 0.5) is 8.78 Å². The zero-order valence-electron chi connectivity index (χ0n) is 8.53. The molecule has 4 heteroatoms. The molecule has 1 aliphatic rings. The zero-order chi connectivity index (χ0) is 11.7. The molecule has 1 fully saturated rings. The number of benzene rings is 1. The van der Waals surface area contributed by atoms with Gasteiger partial charge in [0, 0.05) is 11.6 Å². The number of hydrogen-bond donors (Lipinski definition) is 1. The number of halogens is 2. The molecule has 1 N–H and O–H groups in total. The molecule has 84 valence electrons. The predicted octanol–water partition coefficient (Wildman–Crippen LogP) is 2.34. The van der Waals surface area contributed by atoms with Gasteiger partial charge in [-0.05, 0) is 24.8 Å². The van der Waals surface area contributed by atoms with Gasteiger partial charge in [0.1, 0.15) is 17.6 Å². The molecule has 0 spiro atoms. The molecule has 2 nitrogen and oxygen atoms in total. The summed E-state index contributed by atoms with van der Waals surface area (Å²) in [6, 6.07) is 4.95. The highest BCUT2D eigenvalue weighted by Gasteiger charge is 2.37. The number of nitriles is 1. The highest BCUT2D eigenvalue weighted by atomic mass is 19.1. The van der Waals surface area contributed by atoms with Crippen molar-refractivity contribution in [2.75, 3.05) is 0 Å². The first-order chi connectivity index (χ1) is 7.63. The third kappa shape index (κ3) is 2.05. The largest absolute Gasteiger partial charge is 0.391 e. The average Bonchev–Trinajstić information content (AvgIpc) is 3.05. The molecule has 1 aliphatic carbocycles. The molecule has 2 rings (SSSR count). The van der Waals surface area contributed by atoms with E-state index in [0.717, 1.165) is 25.0 Å². The Bertz CT molecular complexity index is 437. The highest BCUT2D eigenvalue weighted by Crippen LogP contribution is 2.39. The monoisotopic (exact) mass is 223 g/mol. The predicted molar refractivity (Wildman–Crippen MR) is 53.4 cm³/mol. The van der Waals surface area contributed by atoms with Crippen LogP contribution in [0.15, 0.2) is 18.2 Å². The molecular weight excluding hydrogens is 212 g/mol. The number of aliphatic hydroxyl groups excluding tert-OH is 1. The van der Waals surface area contributed by atoms with Gasteiger partial charge < -0.3 is 5.11 Å². The summed E-state index contributed by atoms with van der Waals surface area (Å²) in [4.78, 5) is 0. The topological polar surface area (TPSA) is 44.0 Å². The Morgan fingerprint density at radius 1 is 1.38 bits per heavy atom. The lowest BCUT2D eigenvalue weighted by molar-refractivity contribution is 0.137. The second kappa shape index (κ2) is 4.18. The summed E-state index contributed by atoms with van der Waals surface area (Å²) >= 11 is 0. The smallest absolute Gasteiger partial charge is 0.130 e. The zero-order valence-corrected chi connectivity index (χ0v) is 8.53. The van der Waals surface area contributed by atoms with Crippen molar-refractivity contribution in [3.63, 3.8) is 0 Å². The van der Waals surface area contributed by atoms with Crippen molar-refractivity contribution in [3.8, 4) is 6.07 Å². The van der Waals surface area contributed by atoms with Crippen LogP contribution in [0.5, 0.6) is 0 Å². The van der Waals surface area contributed by atoms with E-state index in [1.165, 1.54) is 6.07 Å². The fourth-order valence-electron chi connectivity index (χ4n) is 1.79. The van der Waals surface area contributed by atoms with Crippen molar-refractivity contribution >= 4 is 0 Å². The van der Waals surface area contributed by atoms with E-state index in [2.05, 4.69) is 0 Å². The molecule has 0 amide bonds. The summed E-state index contributed by atoms with van der Waals surface area (Å²) < 4.78 is 26.1. The molecule has 0 saturated heterocycles. The van der Waals surface area contributed by atoms with Crippen LogP contribution in [0.25, 0.3) is 0 Å². The molecule has 0 heterocycles. The van der Waals surface area contributed by atoms with Crippen LogP contribution in [-0.4, -0.2) is 11.2 Å². The summed E-state index contributed by atoms with van der Waals surface area (Å²) in [5.74, 6) is -2.28. The van der Waals surface area contributed by atoms with Crippen molar-refractivity contribution in [1.29, 1.82) is 5.26 Å². The van der Waals surface area contributed by atoms with Gasteiger partial charge >= 0.3 is 0 Å². The van der Waals surface area contributed by atoms with Crippen molar-refractivity contribution in [3.05, 3.63) is 35.4 Å². The molecule has 0 radical (unpaired) electrons. The summed E-state index contributed by atoms with van der Waals surface area (Å²) in [5, 5.41) is 18.8. The van der Waals surface area contributed by atoms with Crippen LogP contribution in [0.3, 0.4) is 0 Å². The number of rotatable bonds is 3. The van der Waals surface area contributed by atoms with Crippen LogP contribution >= 0.6 is 0 Å². The lowest BCUT2D eigenvalue weighted by atomic mass is 9.91. The van der Waals surface area contributed by atoms with Crippen LogP contribution in [0, 0.1) is 28.9 Å². The SMILES string of the molecule is N#CC(c1ccc(F)cc1F)C(O)C1CC1. The number of hydrogen-bond acceptors (Lipinski definition) is 2. The van der Waals surface area contributed by atoms with Crippen molar-refractivity contribution in [1.82, 2.24) is 0 Å². The molecule has 1 aromatic carbocycles. The van der Waals surface area contributed by atoms with Gasteiger partial charge in [-0.1, -0.05) is 6.07 Å². The Kier molecular flexibility index (Phi) is 2.88. The Morgan fingerprint density at radius 2 is 2.06 bits per heavy atom. The molecule has 2 atom stereocenters. The van der Waals surface area contributed by atoms with Crippen LogP contribution < -0.4 is 0 Å². The third-order valence-electron chi connectivity index (χ3n) is 2.88. The van der Waals surface area contributed by atoms with Gasteiger partial charge in [-0.25, -0.2) is 8.78 Å². The Morgan fingerprint density at radius 3 is 2.56 bits per heavy atom. The minimum atomic E-state index is -0.909. The lowest BCUT2D eigenvalue weighted by Gasteiger charge is -2.16. The number of aliphatic hydroxyl groups is 1. The third-order valence-corrected chi connectivity index (χ3v) is 2.88. The quantitative estimate of drug-likeness (QED) is 0.854. The van der Waals surface area contributed by atoms with E-state index >= 15 is 0 Å². The first kappa shape index (κ1) is 11.0. The molecule has 16 heavy (non-hydrogen) atoms. The van der Waals surface area contributed by atoms with E-state index in [0.29, 0.717) is 0 Å². The normalized spacial score (nSPS) is 18.9. The van der Waals surface area contributed by atoms with E-state index in [1.807, 2.05) is 6.07 Å². The summed E-state index contributed by atoms with van der Waals surface area (Å²) in [6.07, 6.45) is 0.870. The summed E-state index contributed by atoms with van der Waals surface area (Å²) in [7, 11) is 0. The molecule has 1 saturated carbocycles. The summed E-state index contributed by atoms with van der Waals surface area (Å²) in [6.45, 7) is 0. The van der Waals surface area contributed by atoms with Crippen LogP contribution in [0.1, 0.15) is 24.3 Å². The molecule has 2 unspecified atom stereocenters. The molecule has 0 bridgehead atoms. The van der Waals surface area contributed by atoms with Gasteiger partial charge in [0.05, 0.1) is 12.2 Å². The fraction of sp³-hybridized carbons (Fsp3) is 0.417. The van der Waals surface area contributed by atoms with E-state index in [4.69, 9.17) is 5.26 Å². The Hall–Kier alpha value is -1.47. The van der Waals surface area contributed by atoms with E-state index in [9.17, 15) is 13.9 Å². The molecule has 0 aromatic heterocycles. The summed E-state index contributed by atoms with van der Waals surface area (Å²) in [5.41, 5.74) is 0.0725. The first-order valence-corrected chi connectivity index (χ1v) is 5.16. The minimum Gasteiger partial charge on any atom is -0.391 e. The van der Waals surface area contributed by atoms with Crippen molar-refractivity contribution in [2.24, 2.45) is 5.92 Å². The second-order valence-electron chi connectivity index (χ2n) is 4.10. The van der Waals surface area contributed by atoms with E-state index in [1.54, 1.807) is 0 Å². The fourth-order valence-corrected chi connectivity index (χ4v) is 1.79. The van der Waals surface area contributed by atoms with Crippen LogP contribution in [-0.2, 0) is 0 Å². The average molecular weight is 223 g/mol. The van der Waals surface area contributed by atoms with Crippen molar-refractivity contribution < 1.29 is 13.9 Å². The van der Waals surface area contributed by atoms with Crippen molar-refractivity contribution in [2.45, 2.75) is 24.9 Å². The van der Waals surface area contributed by atoms with Gasteiger partial charge in [0.25, 0.3) is 0 Å². The van der Waals surface area contributed by atoms with E-state index in [-0.39, 0.29) is 11.5 Å².